The van der Waals surface area contributed by atoms with E-state index < -0.39 is 0 Å². The lowest BCUT2D eigenvalue weighted by molar-refractivity contribution is 0.242. The minimum Gasteiger partial charge on any atom is -0.491 e. The molecule has 2 heterocycles. The van der Waals surface area contributed by atoms with E-state index in [9.17, 15) is 0 Å². The van der Waals surface area contributed by atoms with Crippen LogP contribution in [0.25, 0.3) is 77.8 Å². The van der Waals surface area contributed by atoms with Crippen LogP contribution in [0.3, 0.4) is 0 Å². The Balaban J connectivity index is 1.03. The van der Waals surface area contributed by atoms with Crippen LogP contribution in [0.15, 0.2) is 130 Å². The first-order valence-electron chi connectivity index (χ1n) is 31.7. The molecule has 0 radical (unpaired) electrons. The Labute approximate surface area is 498 Å². The molecule has 0 saturated heterocycles. The highest BCUT2D eigenvalue weighted by molar-refractivity contribution is 7.58. The van der Waals surface area contributed by atoms with Gasteiger partial charge in [0.1, 0.15) is 33.9 Å². The minimum absolute atomic E-state index is 0.132. The third kappa shape index (κ3) is 11.3. The summed E-state index contributed by atoms with van der Waals surface area (Å²) < 4.78 is 33.1. The van der Waals surface area contributed by atoms with Crippen molar-refractivity contribution >= 4 is 45.5 Å². The summed E-state index contributed by atoms with van der Waals surface area (Å²) in [5, 5.41) is 0. The highest BCUT2D eigenvalue weighted by atomic mass is 32.1. The molecule has 8 heteroatoms. The van der Waals surface area contributed by atoms with E-state index in [0.29, 0.717) is 0 Å². The van der Waals surface area contributed by atoms with Gasteiger partial charge in [0.25, 0.3) is 0 Å². The Bertz CT molecular complexity index is 3350. The quantitative estimate of drug-likeness (QED) is 0.0458. The van der Waals surface area contributed by atoms with Crippen LogP contribution in [0, 0.1) is 0 Å². The second kappa shape index (κ2) is 25.7. The molecule has 1 aliphatic heterocycles. The fraction of sp³-hybridized carbons (Fsp3) is 0.432. The van der Waals surface area contributed by atoms with Crippen molar-refractivity contribution < 1.29 is 9.47 Å². The molecule has 7 aromatic carbocycles. The summed E-state index contributed by atoms with van der Waals surface area (Å²) in [6, 6.07) is 46.7. The first kappa shape index (κ1) is 57.6. The van der Waals surface area contributed by atoms with Crippen molar-refractivity contribution in [1.29, 1.82) is 0 Å². The summed E-state index contributed by atoms with van der Waals surface area (Å²) >= 11 is 2.63. The van der Waals surface area contributed by atoms with Gasteiger partial charge in [-0.25, -0.2) is 0 Å². The predicted octanol–water partition coefficient (Wildman–Crippen LogP) is 23.1. The molecule has 82 heavy (non-hydrogen) atoms. The largest absolute Gasteiger partial charge is 0.491 e. The summed E-state index contributed by atoms with van der Waals surface area (Å²) in [5.74, 6) is 1.82. The molecule has 0 spiro atoms. The van der Waals surface area contributed by atoms with Crippen LogP contribution in [0.4, 0.5) is 11.4 Å². The molecule has 1 aromatic heterocycles. The summed E-state index contributed by atoms with van der Waals surface area (Å²) in [5.41, 5.74) is 24.1. The van der Waals surface area contributed by atoms with E-state index in [1.165, 1.54) is 193 Å². The second-order valence-corrected chi connectivity index (χ2v) is 25.6. The number of ether oxygens (including phenoxy) is 2. The zero-order chi connectivity index (χ0) is 56.8. The van der Waals surface area contributed by atoms with Gasteiger partial charge in [-0.2, -0.15) is 17.5 Å². The Morgan fingerprint density at radius 2 is 0.671 bits per heavy atom. The van der Waals surface area contributed by atoms with Gasteiger partial charge in [0, 0.05) is 22.0 Å². The van der Waals surface area contributed by atoms with Gasteiger partial charge in [-0.05, 0) is 180 Å². The monoisotopic (exact) mass is 1130 g/mol. The van der Waals surface area contributed by atoms with Crippen LogP contribution in [-0.2, 0) is 22.2 Å². The average Bonchev–Trinajstić information content (AvgIpc) is 4.46. The molecule has 0 N–H and O–H groups in total. The van der Waals surface area contributed by atoms with Gasteiger partial charge >= 0.3 is 0 Å². The molecular formula is C74H86N4O2S2. The zero-order valence-corrected chi connectivity index (χ0v) is 51.9. The van der Waals surface area contributed by atoms with E-state index in [2.05, 4.69) is 177 Å². The van der Waals surface area contributed by atoms with Gasteiger partial charge in [-0.3, -0.25) is 0 Å². The third-order valence-electron chi connectivity index (χ3n) is 18.2. The highest BCUT2D eigenvalue weighted by Gasteiger charge is 2.45. The molecule has 8 aromatic rings. The number of nitrogens with zero attached hydrogens (tertiary/aromatic N) is 4. The minimum atomic E-state index is -0.132. The molecule has 0 bridgehead atoms. The number of unbranched alkanes of at least 4 members (excludes halogenated alkanes) is 12. The summed E-state index contributed by atoms with van der Waals surface area (Å²) in [7, 11) is 0. The van der Waals surface area contributed by atoms with Crippen molar-refractivity contribution in [3.63, 3.8) is 0 Å². The molecular weight excluding hydrogens is 1040 g/mol. The van der Waals surface area contributed by atoms with E-state index in [1.807, 2.05) is 0 Å². The van der Waals surface area contributed by atoms with Crippen molar-refractivity contribution in [3.8, 4) is 78.3 Å². The van der Waals surface area contributed by atoms with E-state index in [-0.39, 0.29) is 23.0 Å². The Morgan fingerprint density at radius 1 is 0.366 bits per heavy atom. The van der Waals surface area contributed by atoms with Crippen LogP contribution in [0.1, 0.15) is 206 Å². The van der Waals surface area contributed by atoms with Crippen LogP contribution in [-0.4, -0.2) is 21.0 Å². The van der Waals surface area contributed by atoms with E-state index in [0.717, 1.165) is 81.8 Å². The topological polar surface area (TPSA) is 69.0 Å². The molecule has 6 nitrogen and oxygen atoms in total. The third-order valence-corrected chi connectivity index (χ3v) is 19.2. The molecule has 2 aliphatic carbocycles. The van der Waals surface area contributed by atoms with Gasteiger partial charge in [0.2, 0.25) is 0 Å². The number of hydrogen-bond acceptors (Lipinski definition) is 7. The van der Waals surface area contributed by atoms with Crippen molar-refractivity contribution in [2.75, 3.05) is 0 Å². The van der Waals surface area contributed by atoms with Crippen molar-refractivity contribution in [2.45, 2.75) is 207 Å². The van der Waals surface area contributed by atoms with Crippen LogP contribution in [0.5, 0.6) is 11.5 Å². The smallest absolute Gasteiger partial charge is 0.119 e. The Kier molecular flexibility index (Phi) is 18.1. The Morgan fingerprint density at radius 3 is 0.988 bits per heavy atom. The molecule has 0 unspecified atom stereocenters. The molecule has 3 aliphatic rings. The van der Waals surface area contributed by atoms with Crippen molar-refractivity contribution in [2.24, 2.45) is 8.73 Å². The lowest BCUT2D eigenvalue weighted by Gasteiger charge is -2.33. The summed E-state index contributed by atoms with van der Waals surface area (Å²) in [4.78, 5) is 0. The molecule has 11 rings (SSSR count). The molecule has 0 amide bonds. The van der Waals surface area contributed by atoms with E-state index in [4.69, 9.17) is 26.9 Å². The maximum Gasteiger partial charge on any atom is 0.119 e. The molecule has 0 atom stereocenters. The molecule has 426 valence electrons. The normalized spacial score (nSPS) is 14.1. The van der Waals surface area contributed by atoms with Crippen LogP contribution < -0.4 is 9.47 Å². The first-order chi connectivity index (χ1) is 40.1. The number of benzene rings is 7. The average molecular weight is 1130 g/mol. The molecule has 0 saturated carbocycles. The van der Waals surface area contributed by atoms with E-state index in [1.54, 1.807) is 0 Å². The number of fused-ring (bicyclic) bond motifs is 8. The number of rotatable bonds is 28. The lowest BCUT2D eigenvalue weighted by atomic mass is 9.69. The van der Waals surface area contributed by atoms with Crippen molar-refractivity contribution in [1.82, 2.24) is 8.75 Å². The second-order valence-electron chi connectivity index (χ2n) is 24.5. The Hall–Kier alpha value is -6.22. The van der Waals surface area contributed by atoms with Crippen LogP contribution in [0.2, 0.25) is 0 Å². The van der Waals surface area contributed by atoms with Gasteiger partial charge in [0.15, 0.2) is 0 Å². The lowest BCUT2D eigenvalue weighted by Crippen LogP contribution is -2.25. The van der Waals surface area contributed by atoms with Gasteiger partial charge < -0.3 is 9.47 Å². The van der Waals surface area contributed by atoms with Gasteiger partial charge in [-0.1, -0.05) is 203 Å². The van der Waals surface area contributed by atoms with E-state index >= 15 is 0 Å². The van der Waals surface area contributed by atoms with Crippen LogP contribution >= 0.6 is 11.7 Å². The first-order valence-corrected chi connectivity index (χ1v) is 33.1. The number of aromatic nitrogens is 2. The van der Waals surface area contributed by atoms with Crippen molar-refractivity contribution in [3.05, 3.63) is 144 Å². The number of hydrogen-bond donors (Lipinski definition) is 0. The maximum atomic E-state index is 6.08. The predicted molar refractivity (Wildman–Crippen MR) is 350 cm³/mol. The standard InChI is InChI=1S/C74H86N4O2S2/c1-9-13-17-21-41-73(42-22-18-14-10-2)63-45-53(51-25-33-57(34-26-51)79-49(5)6)29-37-59(63)61-39-31-55(47-65(61)73)67-69-71(77-81-75-69)68(72-70(67)76-82-78-72)56-32-40-62-60-38-30-54(52-27-35-58(36-28-52)80-50(7)8)46-64(60)74(66(62)48-56,43-23-19-15-11-3)44-24-20-16-12-4/h25-40,45-50H,9-24,41-44H2,1-8H3. The maximum absolute atomic E-state index is 6.08. The molecule has 0 fully saturated rings. The van der Waals surface area contributed by atoms with Gasteiger partial charge in [0.05, 0.1) is 35.3 Å². The highest BCUT2D eigenvalue weighted by Crippen LogP contribution is 2.60. The zero-order valence-electron chi connectivity index (χ0n) is 50.3. The fourth-order valence-electron chi connectivity index (χ4n) is 14.2. The summed E-state index contributed by atoms with van der Waals surface area (Å²) in [6.07, 6.45) is 24.4. The summed E-state index contributed by atoms with van der Waals surface area (Å²) in [6.45, 7) is 17.7. The SMILES string of the molecule is CCCCCCC1(CCCCCC)c2cc(-c3ccc(OC(C)C)cc3)ccc2-c2ccc(-c3c4c(c(-c5ccc6c(c5)C(CCCCCC)(CCCCCC)c5cc(-c7ccc(OC(C)C)cc7)ccc5-6)c5nsnc35)N=S=N4)cc21. The fourth-order valence-corrected chi connectivity index (χ4v) is 15.3. The van der Waals surface area contributed by atoms with Gasteiger partial charge in [-0.15, -0.1) is 0 Å².